The zero-order valence-corrected chi connectivity index (χ0v) is 17.8. The van der Waals surface area contributed by atoms with Crippen LogP contribution in [0.15, 0.2) is 52.9 Å². The molecule has 0 bridgehead atoms. The second-order valence-electron chi connectivity index (χ2n) is 7.56. The van der Waals surface area contributed by atoms with Gasteiger partial charge in [0, 0.05) is 26.6 Å². The highest BCUT2D eigenvalue weighted by atomic mass is 16.5. The lowest BCUT2D eigenvalue weighted by molar-refractivity contribution is 0.0722. The van der Waals surface area contributed by atoms with Crippen molar-refractivity contribution in [1.82, 2.24) is 9.88 Å². The van der Waals surface area contributed by atoms with E-state index in [9.17, 15) is 4.79 Å². The number of aromatic nitrogens is 1. The van der Waals surface area contributed by atoms with Crippen molar-refractivity contribution in [1.29, 1.82) is 0 Å². The van der Waals surface area contributed by atoms with E-state index in [2.05, 4.69) is 4.98 Å². The number of amides is 1. The Morgan fingerprint density at radius 2 is 2.06 bits per heavy atom. The maximum Gasteiger partial charge on any atom is 0.257 e. The number of nitrogens with two attached hydrogens (primary N) is 1. The topological polar surface area (TPSA) is 90.8 Å². The van der Waals surface area contributed by atoms with Gasteiger partial charge in [-0.3, -0.25) is 4.79 Å². The van der Waals surface area contributed by atoms with E-state index in [4.69, 9.17) is 19.6 Å². The van der Waals surface area contributed by atoms with E-state index in [1.807, 2.05) is 55.5 Å². The number of hydrogen-bond donors (Lipinski definition) is 1. The fourth-order valence-electron chi connectivity index (χ4n) is 3.79. The molecule has 0 saturated heterocycles. The van der Waals surface area contributed by atoms with Gasteiger partial charge in [-0.25, -0.2) is 4.98 Å². The molecule has 2 N–H and O–H groups in total. The third-order valence-corrected chi connectivity index (χ3v) is 5.33. The minimum atomic E-state index is -0.385. The summed E-state index contributed by atoms with van der Waals surface area (Å²) in [5.41, 5.74) is 8.84. The van der Waals surface area contributed by atoms with Crippen LogP contribution in [0.25, 0.3) is 0 Å². The Kier molecular flexibility index (Phi) is 6.34. The molecule has 4 rings (SSSR count). The molecular formula is C24H27N3O4. The van der Waals surface area contributed by atoms with Gasteiger partial charge in [-0.1, -0.05) is 42.0 Å². The summed E-state index contributed by atoms with van der Waals surface area (Å²) in [5.74, 6) is 1.78. The highest BCUT2D eigenvalue weighted by Crippen LogP contribution is 2.30. The number of hydrogen-bond acceptors (Lipinski definition) is 6. The van der Waals surface area contributed by atoms with Crippen LogP contribution < -0.4 is 10.5 Å². The van der Waals surface area contributed by atoms with Crippen LogP contribution in [0.2, 0.25) is 0 Å². The van der Waals surface area contributed by atoms with E-state index in [-0.39, 0.29) is 12.0 Å². The first-order chi connectivity index (χ1) is 15.1. The molecule has 7 heteroatoms. The average Bonchev–Trinajstić information content (AvgIpc) is 3.21. The van der Waals surface area contributed by atoms with Crippen LogP contribution in [0.1, 0.15) is 44.9 Å². The number of methoxy groups -OCH3 is 1. The van der Waals surface area contributed by atoms with Gasteiger partial charge in [-0.15, -0.1) is 0 Å². The van der Waals surface area contributed by atoms with Crippen LogP contribution in [0, 0.1) is 6.92 Å². The summed E-state index contributed by atoms with van der Waals surface area (Å²) in [7, 11) is 1.64. The molecule has 31 heavy (non-hydrogen) atoms. The van der Waals surface area contributed by atoms with Gasteiger partial charge in [0.1, 0.15) is 23.8 Å². The zero-order valence-electron chi connectivity index (χ0n) is 17.8. The molecule has 1 aromatic heterocycles. The lowest BCUT2D eigenvalue weighted by Gasteiger charge is -2.26. The van der Waals surface area contributed by atoms with Gasteiger partial charge >= 0.3 is 0 Å². The number of benzene rings is 2. The van der Waals surface area contributed by atoms with Gasteiger partial charge in [0.2, 0.25) is 5.89 Å². The Hall–Kier alpha value is -3.16. The second kappa shape index (κ2) is 9.32. The summed E-state index contributed by atoms with van der Waals surface area (Å²) < 4.78 is 17.4. The first-order valence-electron chi connectivity index (χ1n) is 10.4. The Morgan fingerprint density at radius 3 is 2.81 bits per heavy atom. The molecular weight excluding hydrogens is 394 g/mol. The van der Waals surface area contributed by atoms with Crippen LogP contribution >= 0.6 is 0 Å². The van der Waals surface area contributed by atoms with Crippen LogP contribution in [0.5, 0.6) is 5.75 Å². The summed E-state index contributed by atoms with van der Waals surface area (Å²) in [6.07, 6.45) is 0.216. The third kappa shape index (κ3) is 4.47. The molecule has 3 aromatic rings. The summed E-state index contributed by atoms with van der Waals surface area (Å²) in [6.45, 7) is 3.63. The number of rotatable bonds is 7. The molecule has 0 aliphatic carbocycles. The number of nitrogens with zero attached hydrogens (tertiary/aromatic N) is 2. The molecule has 0 radical (unpaired) electrons. The van der Waals surface area contributed by atoms with Crippen molar-refractivity contribution >= 4 is 5.91 Å². The molecule has 162 valence electrons. The molecule has 1 aliphatic rings. The van der Waals surface area contributed by atoms with E-state index in [0.717, 1.165) is 22.6 Å². The van der Waals surface area contributed by atoms with Gasteiger partial charge < -0.3 is 24.5 Å². The SMILES string of the molecule is COC(c1ccccc1)c1nc2c(o1)CCN(C(=O)c1cc(C)ccc1OCCN)C2. The zero-order chi connectivity index (χ0) is 21.8. The maximum atomic E-state index is 13.3. The van der Waals surface area contributed by atoms with Crippen LogP contribution in [-0.4, -0.2) is 42.6 Å². The summed E-state index contributed by atoms with van der Waals surface area (Å²) in [5, 5.41) is 0. The minimum Gasteiger partial charge on any atom is -0.491 e. The van der Waals surface area contributed by atoms with Crippen molar-refractivity contribution in [3.05, 3.63) is 82.6 Å². The summed E-state index contributed by atoms with van der Waals surface area (Å²) >= 11 is 0. The fourth-order valence-corrected chi connectivity index (χ4v) is 3.79. The molecule has 7 nitrogen and oxygen atoms in total. The number of fused-ring (bicyclic) bond motifs is 1. The third-order valence-electron chi connectivity index (χ3n) is 5.33. The molecule has 0 saturated carbocycles. The Bertz CT molecular complexity index is 1050. The largest absolute Gasteiger partial charge is 0.491 e. The second-order valence-corrected chi connectivity index (χ2v) is 7.56. The number of aryl methyl sites for hydroxylation is 1. The van der Waals surface area contributed by atoms with Crippen molar-refractivity contribution in [2.24, 2.45) is 5.73 Å². The van der Waals surface area contributed by atoms with Crippen LogP contribution in [0.4, 0.5) is 0 Å². The first kappa shape index (κ1) is 21.1. The van der Waals surface area contributed by atoms with E-state index in [0.29, 0.717) is 49.9 Å². The van der Waals surface area contributed by atoms with Crippen molar-refractivity contribution in [2.45, 2.75) is 26.0 Å². The molecule has 1 atom stereocenters. The van der Waals surface area contributed by atoms with Gasteiger partial charge in [-0.05, 0) is 24.6 Å². The lowest BCUT2D eigenvalue weighted by Crippen LogP contribution is -2.36. The van der Waals surface area contributed by atoms with E-state index in [1.165, 1.54) is 0 Å². The smallest absolute Gasteiger partial charge is 0.257 e. The number of carbonyl (C=O) groups excluding carboxylic acids is 1. The van der Waals surface area contributed by atoms with E-state index >= 15 is 0 Å². The molecule has 1 amide bonds. The lowest BCUT2D eigenvalue weighted by atomic mass is 10.1. The predicted octanol–water partition coefficient (Wildman–Crippen LogP) is 3.25. The van der Waals surface area contributed by atoms with Gasteiger partial charge in [0.05, 0.1) is 12.1 Å². The fraction of sp³-hybridized carbons (Fsp3) is 0.333. The van der Waals surface area contributed by atoms with Gasteiger partial charge in [0.25, 0.3) is 5.91 Å². The van der Waals surface area contributed by atoms with Crippen molar-refractivity contribution < 1.29 is 18.7 Å². The van der Waals surface area contributed by atoms with Crippen LogP contribution in [0.3, 0.4) is 0 Å². The Morgan fingerprint density at radius 1 is 1.26 bits per heavy atom. The monoisotopic (exact) mass is 421 g/mol. The summed E-state index contributed by atoms with van der Waals surface area (Å²) in [6, 6.07) is 15.4. The number of ether oxygens (including phenoxy) is 2. The first-order valence-corrected chi connectivity index (χ1v) is 10.4. The maximum absolute atomic E-state index is 13.3. The average molecular weight is 421 g/mol. The van der Waals surface area contributed by atoms with Gasteiger partial charge in [-0.2, -0.15) is 0 Å². The number of oxazole rings is 1. The highest BCUT2D eigenvalue weighted by Gasteiger charge is 2.30. The number of carbonyl (C=O) groups is 1. The highest BCUT2D eigenvalue weighted by molar-refractivity contribution is 5.97. The molecule has 0 spiro atoms. The minimum absolute atomic E-state index is 0.0859. The molecule has 2 aromatic carbocycles. The molecule has 1 unspecified atom stereocenters. The standard InChI is InChI=1S/C24H27N3O4/c1-16-8-9-20(30-13-11-25)18(14-16)24(28)27-12-10-21-19(15-27)26-23(31-21)22(29-2)17-6-4-3-5-7-17/h3-9,14,22H,10-13,15,25H2,1-2H3. The summed E-state index contributed by atoms with van der Waals surface area (Å²) in [4.78, 5) is 19.8. The van der Waals surface area contributed by atoms with Crippen molar-refractivity contribution in [2.75, 3.05) is 26.8 Å². The molecule has 1 aliphatic heterocycles. The predicted molar refractivity (Wildman–Crippen MR) is 116 cm³/mol. The van der Waals surface area contributed by atoms with Crippen molar-refractivity contribution in [3.63, 3.8) is 0 Å². The van der Waals surface area contributed by atoms with E-state index in [1.54, 1.807) is 12.0 Å². The quantitative estimate of drug-likeness (QED) is 0.630. The van der Waals surface area contributed by atoms with Gasteiger partial charge in [0.15, 0.2) is 6.10 Å². The molecule has 2 heterocycles. The molecule has 0 fully saturated rings. The normalized spacial score (nSPS) is 14.2. The van der Waals surface area contributed by atoms with E-state index < -0.39 is 0 Å². The Balaban J connectivity index is 1.56. The van der Waals surface area contributed by atoms with Crippen LogP contribution in [-0.2, 0) is 17.7 Å². The van der Waals surface area contributed by atoms with Crippen molar-refractivity contribution in [3.8, 4) is 5.75 Å². The Labute approximate surface area is 181 Å².